The number of hydrogen-bond acceptors (Lipinski definition) is 4. The second-order valence-corrected chi connectivity index (χ2v) is 3.92. The number of isocyanates is 2. The molecule has 0 aliphatic carbocycles. The highest BCUT2D eigenvalue weighted by atomic mass is 16.1. The Balaban J connectivity index is 2.57. The van der Waals surface area contributed by atoms with E-state index in [0.29, 0.717) is 11.4 Å². The number of nitrogens with zero attached hydrogens (tertiary/aromatic N) is 2. The van der Waals surface area contributed by atoms with Gasteiger partial charge in [-0.25, -0.2) is 9.59 Å². The lowest BCUT2D eigenvalue weighted by Crippen LogP contribution is -1.84. The Labute approximate surface area is 110 Å². The van der Waals surface area contributed by atoms with Crippen molar-refractivity contribution in [3.8, 4) is 11.1 Å². The lowest BCUT2D eigenvalue weighted by molar-refractivity contribution is 0.564. The molecule has 0 unspecified atom stereocenters. The highest BCUT2D eigenvalue weighted by Crippen LogP contribution is 2.33. The first-order valence-corrected chi connectivity index (χ1v) is 5.62. The maximum Gasteiger partial charge on any atom is 0.240 e. The third-order valence-corrected chi connectivity index (χ3v) is 2.75. The summed E-state index contributed by atoms with van der Waals surface area (Å²) in [4.78, 5) is 27.9. The van der Waals surface area contributed by atoms with Gasteiger partial charge in [-0.2, -0.15) is 9.98 Å². The van der Waals surface area contributed by atoms with E-state index in [1.807, 2.05) is 31.2 Å². The van der Waals surface area contributed by atoms with Crippen molar-refractivity contribution in [2.24, 2.45) is 9.98 Å². The van der Waals surface area contributed by atoms with Crippen LogP contribution in [0.3, 0.4) is 0 Å². The van der Waals surface area contributed by atoms with E-state index in [4.69, 9.17) is 0 Å². The van der Waals surface area contributed by atoms with Gasteiger partial charge in [0.2, 0.25) is 12.2 Å². The number of aliphatic imine (C=N–C) groups is 2. The highest BCUT2D eigenvalue weighted by Gasteiger charge is 2.07. The topological polar surface area (TPSA) is 58.9 Å². The van der Waals surface area contributed by atoms with Gasteiger partial charge in [0.1, 0.15) is 0 Å². The number of hydrogen-bond donors (Lipinski definition) is 0. The van der Waals surface area contributed by atoms with Gasteiger partial charge in [0.15, 0.2) is 0 Å². The van der Waals surface area contributed by atoms with Gasteiger partial charge in [-0.1, -0.05) is 24.3 Å². The third-order valence-electron chi connectivity index (χ3n) is 2.75. The van der Waals surface area contributed by atoms with Crippen LogP contribution in [0.4, 0.5) is 11.4 Å². The van der Waals surface area contributed by atoms with Crippen LogP contribution in [0.25, 0.3) is 11.1 Å². The van der Waals surface area contributed by atoms with Crippen molar-refractivity contribution < 1.29 is 9.59 Å². The first kappa shape index (κ1) is 12.7. The molecular weight excluding hydrogens is 240 g/mol. The molecule has 0 aliphatic rings. The Bertz CT molecular complexity index is 693. The summed E-state index contributed by atoms with van der Waals surface area (Å²) in [6.07, 6.45) is 3.05. The average molecular weight is 250 g/mol. The standard InChI is InChI=1S/C15H10N2O2/c1-11-3-2-4-14(17-10-19)15(11)12-5-7-13(8-6-12)16-9-18/h2-8H,1H3. The molecule has 0 N–H and O–H groups in total. The molecule has 0 spiro atoms. The van der Waals surface area contributed by atoms with Crippen molar-refractivity contribution in [1.82, 2.24) is 0 Å². The Kier molecular flexibility index (Phi) is 3.79. The molecule has 0 radical (unpaired) electrons. The zero-order chi connectivity index (χ0) is 13.7. The van der Waals surface area contributed by atoms with E-state index < -0.39 is 0 Å². The zero-order valence-corrected chi connectivity index (χ0v) is 10.3. The summed E-state index contributed by atoms with van der Waals surface area (Å²) >= 11 is 0. The Morgan fingerprint density at radius 3 is 2.21 bits per heavy atom. The van der Waals surface area contributed by atoms with Crippen molar-refractivity contribution >= 4 is 23.5 Å². The fourth-order valence-electron chi connectivity index (χ4n) is 1.93. The van der Waals surface area contributed by atoms with Gasteiger partial charge in [0, 0.05) is 5.56 Å². The minimum absolute atomic E-state index is 0.535. The van der Waals surface area contributed by atoms with E-state index in [1.165, 1.54) is 6.08 Å². The second kappa shape index (κ2) is 5.69. The van der Waals surface area contributed by atoms with E-state index in [1.54, 1.807) is 24.3 Å². The molecular formula is C15H10N2O2. The number of carbonyl (C=O) groups excluding carboxylic acids is 2. The molecule has 0 heterocycles. The Morgan fingerprint density at radius 1 is 0.895 bits per heavy atom. The molecule has 2 aromatic carbocycles. The molecule has 2 aromatic rings. The van der Waals surface area contributed by atoms with Crippen LogP contribution in [0.5, 0.6) is 0 Å². The molecule has 4 heteroatoms. The Morgan fingerprint density at radius 2 is 1.58 bits per heavy atom. The third kappa shape index (κ3) is 2.72. The predicted octanol–water partition coefficient (Wildman–Crippen LogP) is 3.60. The fourth-order valence-corrected chi connectivity index (χ4v) is 1.93. The predicted molar refractivity (Wildman–Crippen MR) is 72.2 cm³/mol. The maximum atomic E-state index is 10.5. The minimum Gasteiger partial charge on any atom is -0.211 e. The quantitative estimate of drug-likeness (QED) is 0.617. The lowest BCUT2D eigenvalue weighted by atomic mass is 9.98. The molecule has 0 amide bonds. The van der Waals surface area contributed by atoms with E-state index >= 15 is 0 Å². The summed E-state index contributed by atoms with van der Waals surface area (Å²) in [6.45, 7) is 1.94. The van der Waals surface area contributed by atoms with Gasteiger partial charge in [0.25, 0.3) is 0 Å². The molecule has 0 aliphatic heterocycles. The lowest BCUT2D eigenvalue weighted by Gasteiger charge is -2.08. The summed E-state index contributed by atoms with van der Waals surface area (Å²) < 4.78 is 0. The molecule has 19 heavy (non-hydrogen) atoms. The molecule has 0 atom stereocenters. The van der Waals surface area contributed by atoms with Crippen LogP contribution in [-0.4, -0.2) is 12.2 Å². The van der Waals surface area contributed by atoms with E-state index in [0.717, 1.165) is 16.7 Å². The van der Waals surface area contributed by atoms with Gasteiger partial charge in [0.05, 0.1) is 11.4 Å². The average Bonchev–Trinajstić information content (AvgIpc) is 2.41. The van der Waals surface area contributed by atoms with Crippen molar-refractivity contribution in [3.63, 3.8) is 0 Å². The van der Waals surface area contributed by atoms with Crippen LogP contribution < -0.4 is 0 Å². The first-order chi connectivity index (χ1) is 9.26. The van der Waals surface area contributed by atoms with E-state index in [2.05, 4.69) is 9.98 Å². The van der Waals surface area contributed by atoms with E-state index in [9.17, 15) is 9.59 Å². The van der Waals surface area contributed by atoms with Gasteiger partial charge in [-0.3, -0.25) is 0 Å². The second-order valence-electron chi connectivity index (χ2n) is 3.92. The molecule has 92 valence electrons. The molecule has 0 saturated heterocycles. The summed E-state index contributed by atoms with van der Waals surface area (Å²) in [5, 5.41) is 0. The molecule has 0 bridgehead atoms. The van der Waals surface area contributed by atoms with Crippen molar-refractivity contribution in [2.45, 2.75) is 6.92 Å². The molecule has 0 saturated carbocycles. The van der Waals surface area contributed by atoms with Gasteiger partial charge >= 0.3 is 0 Å². The van der Waals surface area contributed by atoms with Crippen molar-refractivity contribution in [3.05, 3.63) is 48.0 Å². The number of aryl methyl sites for hydroxylation is 1. The highest BCUT2D eigenvalue weighted by molar-refractivity contribution is 5.80. The van der Waals surface area contributed by atoms with Crippen LogP contribution in [0.15, 0.2) is 52.4 Å². The van der Waals surface area contributed by atoms with E-state index in [-0.39, 0.29) is 0 Å². The monoisotopic (exact) mass is 250 g/mol. The van der Waals surface area contributed by atoms with Gasteiger partial charge in [-0.15, -0.1) is 0 Å². The summed E-state index contributed by atoms with van der Waals surface area (Å²) in [5.74, 6) is 0. The first-order valence-electron chi connectivity index (χ1n) is 5.62. The van der Waals surface area contributed by atoms with Crippen LogP contribution in [-0.2, 0) is 9.59 Å². The summed E-state index contributed by atoms with van der Waals surface area (Å²) in [5.41, 5.74) is 3.88. The SMILES string of the molecule is Cc1cccc(N=C=O)c1-c1ccc(N=C=O)cc1. The summed E-state index contributed by atoms with van der Waals surface area (Å²) in [7, 11) is 0. The van der Waals surface area contributed by atoms with Crippen LogP contribution in [0.1, 0.15) is 5.56 Å². The maximum absolute atomic E-state index is 10.5. The van der Waals surface area contributed by atoms with Crippen LogP contribution >= 0.6 is 0 Å². The van der Waals surface area contributed by atoms with Crippen molar-refractivity contribution in [1.29, 1.82) is 0 Å². The molecule has 0 aromatic heterocycles. The minimum atomic E-state index is 0.535. The molecule has 0 fully saturated rings. The largest absolute Gasteiger partial charge is 0.240 e. The fraction of sp³-hybridized carbons (Fsp3) is 0.0667. The Hall–Kier alpha value is -2.80. The number of rotatable bonds is 3. The van der Waals surface area contributed by atoms with Crippen molar-refractivity contribution in [2.75, 3.05) is 0 Å². The number of benzene rings is 2. The normalized spacial score (nSPS) is 9.32. The smallest absolute Gasteiger partial charge is 0.211 e. The van der Waals surface area contributed by atoms with Crippen LogP contribution in [0.2, 0.25) is 0 Å². The van der Waals surface area contributed by atoms with Crippen LogP contribution in [0, 0.1) is 6.92 Å². The van der Waals surface area contributed by atoms with Gasteiger partial charge < -0.3 is 0 Å². The summed E-state index contributed by atoms with van der Waals surface area (Å²) in [6, 6.07) is 12.6. The zero-order valence-electron chi connectivity index (χ0n) is 10.3. The molecule has 4 nitrogen and oxygen atoms in total. The molecule has 2 rings (SSSR count). The van der Waals surface area contributed by atoms with Gasteiger partial charge in [-0.05, 0) is 36.2 Å².